The van der Waals surface area contributed by atoms with Crippen molar-refractivity contribution < 1.29 is 0 Å². The Morgan fingerprint density at radius 2 is 1.95 bits per heavy atom. The van der Waals surface area contributed by atoms with Gasteiger partial charge in [-0.1, -0.05) is 15.9 Å². The summed E-state index contributed by atoms with van der Waals surface area (Å²) < 4.78 is 2.89. The molecule has 0 aliphatic carbocycles. The normalized spacial score (nSPS) is 16.9. The summed E-state index contributed by atoms with van der Waals surface area (Å²) >= 11 is 3.47. The third kappa shape index (κ3) is 2.73. The summed E-state index contributed by atoms with van der Waals surface area (Å²) in [6.45, 7) is 4.62. The second kappa shape index (κ2) is 5.45. The first-order valence-electron chi connectivity index (χ1n) is 6.46. The van der Waals surface area contributed by atoms with Gasteiger partial charge in [-0.3, -0.25) is 14.3 Å². The number of aromatic nitrogens is 1. The van der Waals surface area contributed by atoms with Gasteiger partial charge in [0.2, 0.25) is 0 Å². The monoisotopic (exact) mass is 321 g/mol. The number of piperazine rings is 1. The van der Waals surface area contributed by atoms with Gasteiger partial charge in [0.25, 0.3) is 5.56 Å². The number of rotatable bonds is 2. The second-order valence-corrected chi connectivity index (χ2v) is 5.73. The van der Waals surface area contributed by atoms with Gasteiger partial charge in [-0.2, -0.15) is 0 Å². The van der Waals surface area contributed by atoms with Gasteiger partial charge >= 0.3 is 0 Å². The molecule has 1 N–H and O–H groups in total. The molecule has 0 amide bonds. The van der Waals surface area contributed by atoms with Crippen LogP contribution in [0.1, 0.15) is 0 Å². The molecule has 2 aromatic rings. The van der Waals surface area contributed by atoms with Gasteiger partial charge in [0.15, 0.2) is 0 Å². The van der Waals surface area contributed by atoms with Crippen molar-refractivity contribution in [2.75, 3.05) is 26.2 Å². The number of hydrogen-bond donors (Lipinski definition) is 1. The zero-order valence-corrected chi connectivity index (χ0v) is 12.2. The van der Waals surface area contributed by atoms with E-state index in [9.17, 15) is 4.79 Å². The Balaban J connectivity index is 2.01. The first-order chi connectivity index (χ1) is 9.24. The Morgan fingerprint density at radius 3 is 2.74 bits per heavy atom. The zero-order valence-electron chi connectivity index (χ0n) is 10.6. The lowest BCUT2D eigenvalue weighted by Crippen LogP contribution is -2.45. The molecular formula is C14H16BrN3O. The molecule has 1 aliphatic heterocycles. The van der Waals surface area contributed by atoms with E-state index >= 15 is 0 Å². The first kappa shape index (κ1) is 12.8. The van der Waals surface area contributed by atoms with E-state index in [0.717, 1.165) is 41.6 Å². The summed E-state index contributed by atoms with van der Waals surface area (Å²) in [6.07, 6.45) is 0. The molecule has 0 unspecified atom stereocenters. The van der Waals surface area contributed by atoms with Crippen LogP contribution >= 0.6 is 15.9 Å². The van der Waals surface area contributed by atoms with E-state index in [0.29, 0.717) is 6.67 Å². The minimum atomic E-state index is 0.0633. The average Bonchev–Trinajstić information content (AvgIpc) is 2.43. The molecule has 0 spiro atoms. The molecule has 0 bridgehead atoms. The highest BCUT2D eigenvalue weighted by atomic mass is 79.9. The molecule has 1 aromatic heterocycles. The molecule has 1 aliphatic rings. The lowest BCUT2D eigenvalue weighted by Gasteiger charge is -2.28. The van der Waals surface area contributed by atoms with Gasteiger partial charge < -0.3 is 5.32 Å². The summed E-state index contributed by atoms with van der Waals surface area (Å²) in [6, 6.07) is 9.57. The van der Waals surface area contributed by atoms with E-state index in [1.54, 1.807) is 6.07 Å². The van der Waals surface area contributed by atoms with Crippen LogP contribution in [0.4, 0.5) is 0 Å². The Labute approximate surface area is 120 Å². The van der Waals surface area contributed by atoms with Gasteiger partial charge in [-0.05, 0) is 29.7 Å². The first-order valence-corrected chi connectivity index (χ1v) is 7.25. The maximum Gasteiger partial charge on any atom is 0.252 e. The van der Waals surface area contributed by atoms with Crippen LogP contribution in [0.5, 0.6) is 0 Å². The highest BCUT2D eigenvalue weighted by Gasteiger charge is 2.12. The summed E-state index contributed by atoms with van der Waals surface area (Å²) in [5.41, 5.74) is 1.06. The smallest absolute Gasteiger partial charge is 0.252 e. The van der Waals surface area contributed by atoms with Crippen molar-refractivity contribution in [3.8, 4) is 0 Å². The third-order valence-electron chi connectivity index (χ3n) is 3.50. The highest BCUT2D eigenvalue weighted by molar-refractivity contribution is 9.10. The van der Waals surface area contributed by atoms with Crippen LogP contribution in [0.2, 0.25) is 0 Å². The van der Waals surface area contributed by atoms with Gasteiger partial charge in [0, 0.05) is 36.7 Å². The second-order valence-electron chi connectivity index (χ2n) is 4.81. The van der Waals surface area contributed by atoms with E-state index in [4.69, 9.17) is 0 Å². The number of nitrogens with one attached hydrogen (secondary N) is 1. The summed E-state index contributed by atoms with van der Waals surface area (Å²) in [5.74, 6) is 0. The van der Waals surface area contributed by atoms with Crippen molar-refractivity contribution in [2.45, 2.75) is 6.67 Å². The molecule has 0 saturated carbocycles. The molecule has 1 saturated heterocycles. The van der Waals surface area contributed by atoms with Crippen LogP contribution in [0.3, 0.4) is 0 Å². The topological polar surface area (TPSA) is 37.3 Å². The summed E-state index contributed by atoms with van der Waals surface area (Å²) in [7, 11) is 0. The van der Waals surface area contributed by atoms with Gasteiger partial charge in [-0.25, -0.2) is 0 Å². The molecule has 100 valence electrons. The molecule has 1 aromatic carbocycles. The van der Waals surface area contributed by atoms with E-state index in [1.807, 2.05) is 28.8 Å². The van der Waals surface area contributed by atoms with Crippen LogP contribution in [0.25, 0.3) is 10.9 Å². The van der Waals surface area contributed by atoms with Gasteiger partial charge in [0.05, 0.1) is 12.2 Å². The van der Waals surface area contributed by atoms with Gasteiger partial charge in [0.1, 0.15) is 0 Å². The maximum atomic E-state index is 12.1. The van der Waals surface area contributed by atoms with Gasteiger partial charge in [-0.15, -0.1) is 0 Å². The predicted molar refractivity (Wildman–Crippen MR) is 80.4 cm³/mol. The molecule has 3 rings (SSSR count). The molecule has 4 nitrogen and oxygen atoms in total. The number of benzene rings is 1. The van der Waals surface area contributed by atoms with E-state index < -0.39 is 0 Å². The van der Waals surface area contributed by atoms with Crippen molar-refractivity contribution in [1.29, 1.82) is 0 Å². The predicted octanol–water partition coefficient (Wildman–Crippen LogP) is 1.63. The highest BCUT2D eigenvalue weighted by Crippen LogP contribution is 2.18. The van der Waals surface area contributed by atoms with Crippen molar-refractivity contribution >= 4 is 26.8 Å². The lowest BCUT2D eigenvalue weighted by atomic mass is 10.2. The molecule has 2 heterocycles. The average molecular weight is 322 g/mol. The molecule has 5 heteroatoms. The lowest BCUT2D eigenvalue weighted by molar-refractivity contribution is 0.193. The third-order valence-corrected chi connectivity index (χ3v) is 4.00. The zero-order chi connectivity index (χ0) is 13.2. The minimum absolute atomic E-state index is 0.0633. The van der Waals surface area contributed by atoms with Crippen molar-refractivity contribution in [2.24, 2.45) is 0 Å². The molecule has 1 fully saturated rings. The largest absolute Gasteiger partial charge is 0.314 e. The van der Waals surface area contributed by atoms with E-state index in [2.05, 4.69) is 26.1 Å². The quantitative estimate of drug-likeness (QED) is 0.913. The molecule has 0 atom stereocenters. The number of hydrogen-bond acceptors (Lipinski definition) is 3. The fourth-order valence-electron chi connectivity index (χ4n) is 2.47. The molecule has 0 radical (unpaired) electrons. The summed E-state index contributed by atoms with van der Waals surface area (Å²) in [4.78, 5) is 14.4. The standard InChI is InChI=1S/C14H16BrN3O/c15-12-2-3-13-11(9-12)1-4-14(19)18(13)10-17-7-5-16-6-8-17/h1-4,9,16H,5-8,10H2. The van der Waals surface area contributed by atoms with Crippen LogP contribution in [-0.2, 0) is 6.67 Å². The SMILES string of the molecule is O=c1ccc2cc(Br)ccc2n1CN1CCNCC1. The van der Waals surface area contributed by atoms with E-state index in [1.165, 1.54) is 0 Å². The minimum Gasteiger partial charge on any atom is -0.314 e. The Morgan fingerprint density at radius 1 is 1.16 bits per heavy atom. The van der Waals surface area contributed by atoms with Crippen LogP contribution in [0, 0.1) is 0 Å². The van der Waals surface area contributed by atoms with Crippen LogP contribution in [-0.4, -0.2) is 35.6 Å². The number of halogens is 1. The molecule has 19 heavy (non-hydrogen) atoms. The fourth-order valence-corrected chi connectivity index (χ4v) is 2.85. The van der Waals surface area contributed by atoms with E-state index in [-0.39, 0.29) is 5.56 Å². The Hall–Kier alpha value is -1.17. The number of nitrogens with zero attached hydrogens (tertiary/aromatic N) is 2. The van der Waals surface area contributed by atoms with Crippen molar-refractivity contribution in [1.82, 2.24) is 14.8 Å². The summed E-state index contributed by atoms with van der Waals surface area (Å²) in [5, 5.41) is 4.41. The maximum absolute atomic E-state index is 12.1. The van der Waals surface area contributed by atoms with Crippen LogP contribution in [0.15, 0.2) is 39.6 Å². The fraction of sp³-hybridized carbons (Fsp3) is 0.357. The Bertz CT molecular complexity index is 647. The number of pyridine rings is 1. The molecular weight excluding hydrogens is 306 g/mol. The van der Waals surface area contributed by atoms with Crippen molar-refractivity contribution in [3.63, 3.8) is 0 Å². The number of fused-ring (bicyclic) bond motifs is 1. The van der Waals surface area contributed by atoms with Crippen molar-refractivity contribution in [3.05, 3.63) is 45.2 Å². The Kier molecular flexibility index (Phi) is 3.68. The van der Waals surface area contributed by atoms with Crippen LogP contribution < -0.4 is 10.9 Å².